The van der Waals surface area contributed by atoms with Crippen LogP contribution < -0.4 is 16.6 Å². The monoisotopic (exact) mass is 199 g/mol. The van der Waals surface area contributed by atoms with E-state index in [0.29, 0.717) is 5.56 Å². The van der Waals surface area contributed by atoms with Gasteiger partial charge in [0.2, 0.25) is 0 Å². The number of hydrogen-bond donors (Lipinski definition) is 3. The van der Waals surface area contributed by atoms with Crippen LogP contribution in [-0.2, 0) is 0 Å². The van der Waals surface area contributed by atoms with E-state index in [1.54, 1.807) is 5.38 Å². The molecule has 1 aromatic heterocycles. The zero-order chi connectivity index (χ0) is 9.84. The number of nitrogens with one attached hydrogen (secondary N) is 2. The van der Waals surface area contributed by atoms with Gasteiger partial charge >= 0.3 is 6.03 Å². The Labute approximate surface area is 78.9 Å². The van der Waals surface area contributed by atoms with E-state index in [1.165, 1.54) is 11.3 Å². The molecule has 0 atom stereocenters. The van der Waals surface area contributed by atoms with Crippen molar-refractivity contribution >= 4 is 23.3 Å². The number of aryl methyl sites for hydroxylation is 1. The van der Waals surface area contributed by atoms with Gasteiger partial charge in [-0.05, 0) is 17.9 Å². The molecule has 4 N–H and O–H groups in total. The third-order valence-electron chi connectivity index (χ3n) is 1.40. The first-order valence-electron chi connectivity index (χ1n) is 3.50. The summed E-state index contributed by atoms with van der Waals surface area (Å²) in [5, 5.41) is 3.55. The van der Waals surface area contributed by atoms with Crippen LogP contribution in [0, 0.1) is 6.92 Å². The minimum absolute atomic E-state index is 0.363. The molecule has 0 saturated carbocycles. The molecule has 1 heterocycles. The topological polar surface area (TPSA) is 84.2 Å². The van der Waals surface area contributed by atoms with Crippen molar-refractivity contribution < 1.29 is 9.59 Å². The molecule has 0 fully saturated rings. The number of thiophene rings is 1. The lowest BCUT2D eigenvalue weighted by atomic mass is 10.2. The summed E-state index contributed by atoms with van der Waals surface area (Å²) in [6.45, 7) is 1.82. The minimum atomic E-state index is -0.791. The van der Waals surface area contributed by atoms with Crippen molar-refractivity contribution in [2.75, 3.05) is 0 Å². The lowest BCUT2D eigenvalue weighted by Gasteiger charge is -2.03. The molecular formula is C7H9N3O2S. The van der Waals surface area contributed by atoms with E-state index in [4.69, 9.17) is 5.73 Å². The number of carbonyl (C=O) groups is 2. The summed E-state index contributed by atoms with van der Waals surface area (Å²) >= 11 is 1.42. The quantitative estimate of drug-likeness (QED) is 0.571. The normalized spacial score (nSPS) is 9.31. The Kier molecular flexibility index (Phi) is 2.86. The van der Waals surface area contributed by atoms with Crippen LogP contribution in [0.1, 0.15) is 15.9 Å². The van der Waals surface area contributed by atoms with Gasteiger partial charge in [0.05, 0.1) is 5.56 Å². The average Bonchev–Trinajstić information content (AvgIpc) is 2.47. The molecule has 1 aromatic rings. The fraction of sp³-hybridized carbons (Fsp3) is 0.143. The molecule has 5 nitrogen and oxygen atoms in total. The molecule has 0 bridgehead atoms. The van der Waals surface area contributed by atoms with E-state index >= 15 is 0 Å². The lowest BCUT2D eigenvalue weighted by molar-refractivity contribution is 0.0937. The van der Waals surface area contributed by atoms with Crippen LogP contribution in [0.3, 0.4) is 0 Å². The maximum atomic E-state index is 11.3. The van der Waals surface area contributed by atoms with Gasteiger partial charge in [0.25, 0.3) is 5.91 Å². The molecule has 0 aliphatic rings. The number of carbonyl (C=O) groups excluding carboxylic acids is 2. The Morgan fingerprint density at radius 3 is 2.54 bits per heavy atom. The fourth-order valence-electron chi connectivity index (χ4n) is 0.779. The van der Waals surface area contributed by atoms with Gasteiger partial charge in [-0.2, -0.15) is 11.3 Å². The molecule has 0 aliphatic heterocycles. The van der Waals surface area contributed by atoms with Crippen molar-refractivity contribution in [2.24, 2.45) is 5.73 Å². The van der Waals surface area contributed by atoms with Crippen LogP contribution in [0.25, 0.3) is 0 Å². The molecule has 13 heavy (non-hydrogen) atoms. The first-order valence-corrected chi connectivity index (χ1v) is 4.44. The second kappa shape index (κ2) is 3.90. The maximum absolute atomic E-state index is 11.3. The summed E-state index contributed by atoms with van der Waals surface area (Å²) in [5.41, 5.74) is 10.4. The van der Waals surface area contributed by atoms with Crippen LogP contribution >= 0.6 is 11.3 Å². The summed E-state index contributed by atoms with van der Waals surface area (Å²) in [4.78, 5) is 21.5. The molecular weight excluding hydrogens is 190 g/mol. The van der Waals surface area contributed by atoms with Crippen molar-refractivity contribution in [1.82, 2.24) is 10.9 Å². The third kappa shape index (κ3) is 2.45. The summed E-state index contributed by atoms with van der Waals surface area (Å²) in [7, 11) is 0. The van der Waals surface area contributed by atoms with Crippen LogP contribution in [0.2, 0.25) is 0 Å². The SMILES string of the molecule is Cc1cscc1C(=O)NNC(N)=O. The highest BCUT2D eigenvalue weighted by atomic mass is 32.1. The van der Waals surface area contributed by atoms with Crippen molar-refractivity contribution in [3.63, 3.8) is 0 Å². The van der Waals surface area contributed by atoms with Crippen LogP contribution in [0.5, 0.6) is 0 Å². The van der Waals surface area contributed by atoms with Crippen molar-refractivity contribution in [3.05, 3.63) is 21.9 Å². The molecule has 0 aliphatic carbocycles. The standard InChI is InChI=1S/C7H9N3O2S/c1-4-2-13-3-5(4)6(11)9-10-7(8)12/h2-3H,1H3,(H,9,11)(H3,8,10,12). The molecule has 0 saturated heterocycles. The van der Waals surface area contributed by atoms with Gasteiger partial charge in [-0.1, -0.05) is 0 Å². The summed E-state index contributed by atoms with van der Waals surface area (Å²) in [6.07, 6.45) is 0. The van der Waals surface area contributed by atoms with E-state index < -0.39 is 6.03 Å². The first kappa shape index (κ1) is 9.53. The van der Waals surface area contributed by atoms with Crippen LogP contribution in [0.4, 0.5) is 4.79 Å². The number of amides is 3. The Morgan fingerprint density at radius 2 is 2.08 bits per heavy atom. The highest BCUT2D eigenvalue weighted by Crippen LogP contribution is 2.12. The number of hydrazine groups is 1. The predicted octanol–water partition coefficient (Wildman–Crippen LogP) is 0.370. The Morgan fingerprint density at radius 1 is 1.38 bits per heavy atom. The van der Waals surface area contributed by atoms with Gasteiger partial charge in [-0.25, -0.2) is 10.2 Å². The molecule has 0 aromatic carbocycles. The summed E-state index contributed by atoms with van der Waals surface area (Å²) in [6, 6.07) is -0.791. The van der Waals surface area contributed by atoms with E-state index in [-0.39, 0.29) is 5.91 Å². The number of rotatable bonds is 1. The predicted molar refractivity (Wildman–Crippen MR) is 49.2 cm³/mol. The van der Waals surface area contributed by atoms with Gasteiger partial charge in [0, 0.05) is 5.38 Å². The van der Waals surface area contributed by atoms with Gasteiger partial charge in [0.15, 0.2) is 0 Å². The van der Waals surface area contributed by atoms with E-state index in [2.05, 4.69) is 5.43 Å². The molecule has 6 heteroatoms. The highest BCUT2D eigenvalue weighted by Gasteiger charge is 2.08. The molecule has 3 amide bonds. The molecule has 1 rings (SSSR count). The second-order valence-corrected chi connectivity index (χ2v) is 3.16. The second-order valence-electron chi connectivity index (χ2n) is 2.41. The van der Waals surface area contributed by atoms with Crippen LogP contribution in [-0.4, -0.2) is 11.9 Å². The summed E-state index contributed by atoms with van der Waals surface area (Å²) in [5.74, 6) is -0.363. The van der Waals surface area contributed by atoms with E-state index in [9.17, 15) is 9.59 Å². The number of hydrogen-bond acceptors (Lipinski definition) is 3. The van der Waals surface area contributed by atoms with Gasteiger partial charge in [-0.3, -0.25) is 10.2 Å². The number of primary amides is 1. The van der Waals surface area contributed by atoms with E-state index in [0.717, 1.165) is 5.56 Å². The van der Waals surface area contributed by atoms with Crippen molar-refractivity contribution in [3.8, 4) is 0 Å². The number of nitrogens with two attached hydrogens (primary N) is 1. The summed E-state index contributed by atoms with van der Waals surface area (Å²) < 4.78 is 0. The molecule has 0 radical (unpaired) electrons. The van der Waals surface area contributed by atoms with E-state index in [1.807, 2.05) is 17.7 Å². The minimum Gasteiger partial charge on any atom is -0.350 e. The number of urea groups is 1. The Hall–Kier alpha value is -1.56. The Bertz CT molecular complexity index is 334. The molecule has 0 spiro atoms. The fourth-order valence-corrected chi connectivity index (χ4v) is 1.61. The third-order valence-corrected chi connectivity index (χ3v) is 2.26. The van der Waals surface area contributed by atoms with Crippen molar-refractivity contribution in [1.29, 1.82) is 0 Å². The van der Waals surface area contributed by atoms with Crippen LogP contribution in [0.15, 0.2) is 10.8 Å². The van der Waals surface area contributed by atoms with Gasteiger partial charge in [0.1, 0.15) is 0 Å². The van der Waals surface area contributed by atoms with Gasteiger partial charge < -0.3 is 5.73 Å². The maximum Gasteiger partial charge on any atom is 0.330 e. The first-order chi connectivity index (χ1) is 6.11. The smallest absolute Gasteiger partial charge is 0.330 e. The van der Waals surface area contributed by atoms with Crippen molar-refractivity contribution in [2.45, 2.75) is 6.92 Å². The lowest BCUT2D eigenvalue weighted by Crippen LogP contribution is -2.44. The Balaban J connectivity index is 2.59. The largest absolute Gasteiger partial charge is 0.350 e. The zero-order valence-electron chi connectivity index (χ0n) is 6.96. The van der Waals surface area contributed by atoms with Gasteiger partial charge in [-0.15, -0.1) is 0 Å². The highest BCUT2D eigenvalue weighted by molar-refractivity contribution is 7.08. The molecule has 70 valence electrons. The zero-order valence-corrected chi connectivity index (χ0v) is 7.77. The average molecular weight is 199 g/mol. The molecule has 0 unspecified atom stereocenters.